The largest absolute Gasteiger partial charge is 0.168 e. The van der Waals surface area contributed by atoms with Crippen LogP contribution >= 0.6 is 52.7 Å². The van der Waals surface area contributed by atoms with E-state index in [1.165, 1.54) is 61.2 Å². The van der Waals surface area contributed by atoms with Gasteiger partial charge in [-0.3, -0.25) is 0 Å². The summed E-state index contributed by atoms with van der Waals surface area (Å²) < 4.78 is 0. The Labute approximate surface area is 179 Å². The standard InChI is InChI=1S/C8H18Br2Si2.C8H18Cl2Si2/c2*1-3-5-11(9)7-12(10,8-11)6-4-2/h2*3-8H2,1-2H3. The predicted octanol–water partition coefficient (Wildman–Crippen LogP) is 8.85. The molecule has 2 aliphatic rings. The zero-order chi connectivity index (χ0) is 18.5. The smallest absolute Gasteiger partial charge is 0.153 e. The SMILES string of the molecule is CCC[Si]1(Br)C[Si](Br)(CCC)C1.CCC[Si]1(Cl)C[Si](Cl)(CCC)C1. The Balaban J connectivity index is 0.000000240. The highest BCUT2D eigenvalue weighted by molar-refractivity contribution is 9.29. The minimum Gasteiger partial charge on any atom is -0.168 e. The molecule has 0 N–H and O–H groups in total. The van der Waals surface area contributed by atoms with Crippen LogP contribution in [0.25, 0.3) is 0 Å². The molecular formula is C16H36Br2Cl2Si4. The maximum absolute atomic E-state index is 6.52. The molecule has 2 saturated heterocycles. The maximum Gasteiger partial charge on any atom is 0.153 e. The molecule has 0 atom stereocenters. The van der Waals surface area contributed by atoms with Crippen molar-refractivity contribution in [3.8, 4) is 0 Å². The summed E-state index contributed by atoms with van der Waals surface area (Å²) in [5, 5.41) is 0. The van der Waals surface area contributed by atoms with E-state index in [4.69, 9.17) is 22.2 Å². The normalized spacial score (nSPS) is 41.0. The van der Waals surface area contributed by atoms with Gasteiger partial charge in [-0.25, -0.2) is 0 Å². The second-order valence-electron chi connectivity index (χ2n) is 8.31. The van der Waals surface area contributed by atoms with Crippen LogP contribution in [-0.2, 0) is 0 Å². The van der Waals surface area contributed by atoms with Crippen LogP contribution in [0.15, 0.2) is 0 Å². The molecule has 2 heterocycles. The third kappa shape index (κ3) is 7.44. The van der Waals surface area contributed by atoms with Crippen molar-refractivity contribution < 1.29 is 0 Å². The molecule has 0 bridgehead atoms. The van der Waals surface area contributed by atoms with Crippen molar-refractivity contribution in [1.29, 1.82) is 0 Å². The Morgan fingerprint density at radius 1 is 0.583 bits per heavy atom. The van der Waals surface area contributed by atoms with Gasteiger partial charge in [-0.05, 0) is 46.8 Å². The highest BCUT2D eigenvalue weighted by Crippen LogP contribution is 2.53. The Morgan fingerprint density at radius 2 is 0.875 bits per heavy atom. The first kappa shape index (κ1) is 24.4. The van der Waals surface area contributed by atoms with Gasteiger partial charge >= 0.3 is 0 Å². The van der Waals surface area contributed by atoms with Crippen molar-refractivity contribution in [2.45, 2.75) is 100 Å². The van der Waals surface area contributed by atoms with Gasteiger partial charge in [-0.15, -0.1) is 30.6 Å². The van der Waals surface area contributed by atoms with Gasteiger partial charge in [0.2, 0.25) is 0 Å². The van der Waals surface area contributed by atoms with Crippen molar-refractivity contribution in [2.75, 3.05) is 0 Å². The monoisotopic (exact) mass is 568 g/mol. The third-order valence-corrected chi connectivity index (χ3v) is 49.6. The lowest BCUT2D eigenvalue weighted by Gasteiger charge is -2.47. The fraction of sp³-hybridized carbons (Fsp3) is 1.00. The van der Waals surface area contributed by atoms with Crippen LogP contribution in [-0.4, -0.2) is 28.2 Å². The number of rotatable bonds is 8. The molecule has 8 heteroatoms. The molecule has 24 heavy (non-hydrogen) atoms. The van der Waals surface area contributed by atoms with E-state index in [-0.39, 0.29) is 0 Å². The quantitative estimate of drug-likeness (QED) is 0.202. The zero-order valence-corrected chi connectivity index (χ0v) is 24.7. The molecule has 2 aliphatic heterocycles. The highest BCUT2D eigenvalue weighted by Gasteiger charge is 2.55. The molecule has 0 aromatic heterocycles. The first-order chi connectivity index (χ1) is 11.1. The van der Waals surface area contributed by atoms with Crippen molar-refractivity contribution in [3.63, 3.8) is 0 Å². The lowest BCUT2D eigenvalue weighted by atomic mass is 10.6. The van der Waals surface area contributed by atoms with Gasteiger partial charge < -0.3 is 0 Å². The van der Waals surface area contributed by atoms with Crippen molar-refractivity contribution in [3.05, 3.63) is 0 Å². The first-order valence-electron chi connectivity index (χ1n) is 9.83. The minimum atomic E-state index is -1.27. The van der Waals surface area contributed by atoms with Crippen LogP contribution in [0.5, 0.6) is 0 Å². The molecule has 0 saturated carbocycles. The summed E-state index contributed by atoms with van der Waals surface area (Å²) in [5.41, 5.74) is 5.74. The molecule has 144 valence electrons. The van der Waals surface area contributed by atoms with Gasteiger partial charge in [0.1, 0.15) is 13.4 Å². The topological polar surface area (TPSA) is 0 Å². The minimum absolute atomic E-state index is 0.842. The van der Waals surface area contributed by atoms with Crippen LogP contribution in [0.1, 0.15) is 53.4 Å². The summed E-state index contributed by atoms with van der Waals surface area (Å²) >= 11 is 21.1. The molecular weight excluding hydrogens is 535 g/mol. The van der Waals surface area contributed by atoms with E-state index in [0.29, 0.717) is 0 Å². The Morgan fingerprint density at radius 3 is 1.12 bits per heavy atom. The van der Waals surface area contributed by atoms with E-state index >= 15 is 0 Å². The van der Waals surface area contributed by atoms with Gasteiger partial charge in [-0.1, -0.05) is 53.4 Å². The lowest BCUT2D eigenvalue weighted by Crippen LogP contribution is -2.56. The highest BCUT2D eigenvalue weighted by atomic mass is 79.9. The molecule has 0 unspecified atom stereocenters. The third-order valence-electron chi connectivity index (χ3n) is 5.33. The van der Waals surface area contributed by atoms with Gasteiger partial charge in [0.05, 0.1) is 0 Å². The van der Waals surface area contributed by atoms with E-state index in [9.17, 15) is 0 Å². The van der Waals surface area contributed by atoms with Crippen LogP contribution in [0, 0.1) is 0 Å². The van der Waals surface area contributed by atoms with Crippen LogP contribution in [0.2, 0.25) is 46.8 Å². The van der Waals surface area contributed by atoms with E-state index < -0.39 is 28.2 Å². The number of hydrogen-bond donors (Lipinski definition) is 0. The molecule has 0 amide bonds. The van der Waals surface area contributed by atoms with E-state index in [1.807, 2.05) is 0 Å². The van der Waals surface area contributed by atoms with Gasteiger partial charge in [0.25, 0.3) is 0 Å². The van der Waals surface area contributed by atoms with Crippen LogP contribution < -0.4 is 0 Å². The average Bonchev–Trinajstić information content (AvgIpc) is 2.36. The molecule has 2 rings (SSSR count). The summed E-state index contributed by atoms with van der Waals surface area (Å²) in [7, 11) is -2.53. The van der Waals surface area contributed by atoms with Crippen LogP contribution in [0.3, 0.4) is 0 Å². The number of hydrogen-bond acceptors (Lipinski definition) is 0. The first-order valence-corrected chi connectivity index (χ1v) is 26.8. The second kappa shape index (κ2) is 10.3. The van der Waals surface area contributed by atoms with E-state index in [0.717, 1.165) is 0 Å². The van der Waals surface area contributed by atoms with E-state index in [1.54, 1.807) is 11.3 Å². The molecule has 0 radical (unpaired) electrons. The zero-order valence-electron chi connectivity index (χ0n) is 16.0. The van der Waals surface area contributed by atoms with Gasteiger partial charge in [-0.2, -0.15) is 22.2 Å². The summed E-state index contributed by atoms with van der Waals surface area (Å²) in [5.74, 6) is 0. The Bertz CT molecular complexity index is 318. The molecule has 0 nitrogen and oxygen atoms in total. The van der Waals surface area contributed by atoms with Gasteiger partial charge in [0.15, 0.2) is 14.8 Å². The van der Waals surface area contributed by atoms with Crippen molar-refractivity contribution in [2.24, 2.45) is 0 Å². The maximum atomic E-state index is 6.52. The average molecular weight is 572 g/mol. The Kier molecular flexibility index (Phi) is 10.5. The van der Waals surface area contributed by atoms with Crippen LogP contribution in [0.4, 0.5) is 0 Å². The molecule has 2 fully saturated rings. The summed E-state index contributed by atoms with van der Waals surface area (Å²) in [6.07, 6.45) is 5.26. The van der Waals surface area contributed by atoms with Crippen molar-refractivity contribution in [1.82, 2.24) is 0 Å². The Hall–Kier alpha value is 2.41. The predicted molar refractivity (Wildman–Crippen MR) is 132 cm³/mol. The fourth-order valence-electron chi connectivity index (χ4n) is 4.67. The summed E-state index contributed by atoms with van der Waals surface area (Å²) in [6, 6.07) is 5.58. The summed E-state index contributed by atoms with van der Waals surface area (Å²) in [6.45, 7) is 7.40. The molecule has 0 aromatic rings. The molecule has 0 aliphatic carbocycles. The van der Waals surface area contributed by atoms with Crippen molar-refractivity contribution >= 4 is 80.9 Å². The van der Waals surface area contributed by atoms with E-state index in [2.05, 4.69) is 58.3 Å². The lowest BCUT2D eigenvalue weighted by molar-refractivity contribution is 1.01. The fourth-order valence-corrected chi connectivity index (χ4v) is 71.3. The molecule has 0 aromatic carbocycles. The number of halogens is 4. The second-order valence-corrected chi connectivity index (χ2v) is 40.1. The summed E-state index contributed by atoms with van der Waals surface area (Å²) in [4.78, 5) is 0. The van der Waals surface area contributed by atoms with Gasteiger partial charge in [0, 0.05) is 0 Å². The molecule has 0 spiro atoms.